The highest BCUT2D eigenvalue weighted by atomic mass is 16.3. The Kier molecular flexibility index (Phi) is 2.76. The fourth-order valence-electron chi connectivity index (χ4n) is 2.03. The minimum Gasteiger partial charge on any atom is -0.472 e. The highest BCUT2D eigenvalue weighted by Gasteiger charge is 2.10. The first-order valence-electron chi connectivity index (χ1n) is 6.07. The van der Waals surface area contributed by atoms with Crippen molar-refractivity contribution < 1.29 is 4.42 Å². The van der Waals surface area contributed by atoms with E-state index in [0.29, 0.717) is 0 Å². The van der Waals surface area contributed by atoms with Crippen LogP contribution in [-0.2, 0) is 6.54 Å². The molecule has 0 bridgehead atoms. The number of hydrogen-bond donors (Lipinski definition) is 1. The number of hydrogen-bond acceptors (Lipinski definition) is 3. The van der Waals surface area contributed by atoms with Gasteiger partial charge in [-0.25, -0.2) is 4.98 Å². The van der Waals surface area contributed by atoms with Crippen molar-refractivity contribution in [3.63, 3.8) is 0 Å². The van der Waals surface area contributed by atoms with E-state index in [4.69, 9.17) is 4.42 Å². The van der Waals surface area contributed by atoms with E-state index >= 15 is 0 Å². The predicted molar refractivity (Wildman–Crippen MR) is 71.5 cm³/mol. The Balaban J connectivity index is 1.90. The van der Waals surface area contributed by atoms with Crippen molar-refractivity contribution in [3.05, 3.63) is 48.4 Å². The molecule has 0 aliphatic carbocycles. The average Bonchev–Trinajstić information content (AvgIpc) is 3.04. The maximum absolute atomic E-state index is 5.10. The lowest BCUT2D eigenvalue weighted by Crippen LogP contribution is -2.22. The lowest BCUT2D eigenvalue weighted by molar-refractivity contribution is 0.563. The van der Waals surface area contributed by atoms with Crippen molar-refractivity contribution >= 4 is 17.0 Å². The van der Waals surface area contributed by atoms with Crippen LogP contribution >= 0.6 is 0 Å². The van der Waals surface area contributed by atoms with Gasteiger partial charge in [0.15, 0.2) is 0 Å². The van der Waals surface area contributed by atoms with Crippen molar-refractivity contribution in [2.75, 3.05) is 11.4 Å². The van der Waals surface area contributed by atoms with E-state index in [9.17, 15) is 0 Å². The SMILES string of the molecule is CCN(Cc1ccoc1)c1nc2ccccc2[nH]1. The molecule has 0 saturated carbocycles. The number of furan rings is 1. The summed E-state index contributed by atoms with van der Waals surface area (Å²) in [5.41, 5.74) is 3.22. The molecular formula is C14H15N3O. The van der Waals surface area contributed by atoms with Crippen LogP contribution in [0.5, 0.6) is 0 Å². The molecule has 0 atom stereocenters. The normalized spacial score (nSPS) is 10.9. The molecule has 0 aliphatic heterocycles. The molecule has 18 heavy (non-hydrogen) atoms. The number of anilines is 1. The molecule has 0 spiro atoms. The molecule has 0 fully saturated rings. The van der Waals surface area contributed by atoms with Gasteiger partial charge in [-0.1, -0.05) is 12.1 Å². The number of H-pyrrole nitrogens is 1. The number of nitrogens with one attached hydrogen (secondary N) is 1. The van der Waals surface area contributed by atoms with Gasteiger partial charge in [-0.2, -0.15) is 0 Å². The van der Waals surface area contributed by atoms with E-state index < -0.39 is 0 Å². The van der Waals surface area contributed by atoms with Gasteiger partial charge >= 0.3 is 0 Å². The molecule has 0 radical (unpaired) electrons. The average molecular weight is 241 g/mol. The first-order valence-corrected chi connectivity index (χ1v) is 6.07. The van der Waals surface area contributed by atoms with E-state index in [1.165, 1.54) is 0 Å². The largest absolute Gasteiger partial charge is 0.472 e. The standard InChI is InChI=1S/C14H15N3O/c1-2-17(9-11-7-8-18-10-11)14-15-12-5-3-4-6-13(12)16-14/h3-8,10H,2,9H2,1H3,(H,15,16). The Morgan fingerprint density at radius 1 is 1.28 bits per heavy atom. The van der Waals surface area contributed by atoms with Crippen molar-refractivity contribution in [1.82, 2.24) is 9.97 Å². The van der Waals surface area contributed by atoms with Crippen LogP contribution in [0.4, 0.5) is 5.95 Å². The van der Waals surface area contributed by atoms with Crippen LogP contribution in [-0.4, -0.2) is 16.5 Å². The molecule has 0 unspecified atom stereocenters. The Labute approximate surface area is 105 Å². The summed E-state index contributed by atoms with van der Waals surface area (Å²) in [4.78, 5) is 10.1. The first kappa shape index (κ1) is 10.9. The number of benzene rings is 1. The molecule has 92 valence electrons. The van der Waals surface area contributed by atoms with Crippen molar-refractivity contribution in [2.45, 2.75) is 13.5 Å². The number of aromatic amines is 1. The van der Waals surface area contributed by atoms with Crippen LogP contribution in [0, 0.1) is 0 Å². The molecule has 1 N–H and O–H groups in total. The van der Waals surface area contributed by atoms with Crippen molar-refractivity contribution in [3.8, 4) is 0 Å². The fraction of sp³-hybridized carbons (Fsp3) is 0.214. The molecular weight excluding hydrogens is 226 g/mol. The third-order valence-corrected chi connectivity index (χ3v) is 3.01. The predicted octanol–water partition coefficient (Wildman–Crippen LogP) is 3.18. The fourth-order valence-corrected chi connectivity index (χ4v) is 2.03. The van der Waals surface area contributed by atoms with Gasteiger partial charge in [0.25, 0.3) is 0 Å². The van der Waals surface area contributed by atoms with E-state index in [1.807, 2.05) is 30.3 Å². The van der Waals surface area contributed by atoms with Crippen LogP contribution < -0.4 is 4.90 Å². The van der Waals surface area contributed by atoms with Crippen LogP contribution in [0.25, 0.3) is 11.0 Å². The minimum absolute atomic E-state index is 0.798. The van der Waals surface area contributed by atoms with E-state index in [-0.39, 0.29) is 0 Å². The Morgan fingerprint density at radius 2 is 2.17 bits per heavy atom. The smallest absolute Gasteiger partial charge is 0.204 e. The molecule has 0 saturated heterocycles. The topological polar surface area (TPSA) is 45.1 Å². The van der Waals surface area contributed by atoms with Gasteiger partial charge in [0.2, 0.25) is 5.95 Å². The van der Waals surface area contributed by atoms with Crippen LogP contribution in [0.3, 0.4) is 0 Å². The summed E-state index contributed by atoms with van der Waals surface area (Å²) in [7, 11) is 0. The molecule has 0 aliphatic rings. The summed E-state index contributed by atoms with van der Waals surface area (Å²) >= 11 is 0. The van der Waals surface area contributed by atoms with Gasteiger partial charge in [-0.15, -0.1) is 0 Å². The molecule has 3 rings (SSSR count). The van der Waals surface area contributed by atoms with Crippen molar-refractivity contribution in [1.29, 1.82) is 0 Å². The highest BCUT2D eigenvalue weighted by molar-refractivity contribution is 5.77. The van der Waals surface area contributed by atoms with E-state index in [1.54, 1.807) is 12.5 Å². The molecule has 2 aromatic heterocycles. The second-order valence-corrected chi connectivity index (χ2v) is 4.22. The maximum Gasteiger partial charge on any atom is 0.204 e. The summed E-state index contributed by atoms with van der Waals surface area (Å²) < 4.78 is 5.10. The number of nitrogens with zero attached hydrogens (tertiary/aromatic N) is 2. The Morgan fingerprint density at radius 3 is 2.89 bits per heavy atom. The zero-order valence-corrected chi connectivity index (χ0v) is 10.3. The lowest BCUT2D eigenvalue weighted by Gasteiger charge is -2.18. The number of imidazole rings is 1. The van der Waals surface area contributed by atoms with Crippen molar-refractivity contribution in [2.24, 2.45) is 0 Å². The number of para-hydroxylation sites is 2. The Hall–Kier alpha value is -2.23. The van der Waals surface area contributed by atoms with Gasteiger partial charge in [-0.05, 0) is 25.1 Å². The molecule has 4 nitrogen and oxygen atoms in total. The summed E-state index contributed by atoms with van der Waals surface area (Å²) in [6, 6.07) is 10.0. The lowest BCUT2D eigenvalue weighted by atomic mass is 10.3. The van der Waals surface area contributed by atoms with Gasteiger partial charge in [0.05, 0.1) is 23.6 Å². The van der Waals surface area contributed by atoms with Gasteiger partial charge in [0.1, 0.15) is 0 Å². The second kappa shape index (κ2) is 4.56. The zero-order chi connectivity index (χ0) is 12.4. The van der Waals surface area contributed by atoms with Crippen LogP contribution in [0.15, 0.2) is 47.3 Å². The third kappa shape index (κ3) is 1.97. The monoisotopic (exact) mass is 241 g/mol. The zero-order valence-electron chi connectivity index (χ0n) is 10.3. The molecule has 1 aromatic carbocycles. The van der Waals surface area contributed by atoms with Gasteiger partial charge < -0.3 is 14.3 Å². The molecule has 3 aromatic rings. The quantitative estimate of drug-likeness (QED) is 0.763. The third-order valence-electron chi connectivity index (χ3n) is 3.01. The summed E-state index contributed by atoms with van der Waals surface area (Å²) in [6.45, 7) is 3.81. The summed E-state index contributed by atoms with van der Waals surface area (Å²) in [5.74, 6) is 0.903. The maximum atomic E-state index is 5.10. The molecule has 4 heteroatoms. The molecule has 2 heterocycles. The van der Waals surface area contributed by atoms with E-state index in [2.05, 4.69) is 21.8 Å². The number of aromatic nitrogens is 2. The minimum atomic E-state index is 0.798. The Bertz CT molecular complexity index is 594. The van der Waals surface area contributed by atoms with Gasteiger partial charge in [-0.3, -0.25) is 0 Å². The molecule has 0 amide bonds. The second-order valence-electron chi connectivity index (χ2n) is 4.22. The summed E-state index contributed by atoms with van der Waals surface area (Å²) in [5, 5.41) is 0. The highest BCUT2D eigenvalue weighted by Crippen LogP contribution is 2.18. The number of fused-ring (bicyclic) bond motifs is 1. The van der Waals surface area contributed by atoms with Crippen LogP contribution in [0.2, 0.25) is 0 Å². The van der Waals surface area contributed by atoms with Gasteiger partial charge in [0, 0.05) is 18.7 Å². The summed E-state index contributed by atoms with van der Waals surface area (Å²) in [6.07, 6.45) is 3.47. The van der Waals surface area contributed by atoms with Crippen LogP contribution in [0.1, 0.15) is 12.5 Å². The van der Waals surface area contributed by atoms with E-state index in [0.717, 1.165) is 35.6 Å². The number of rotatable bonds is 4. The first-order chi connectivity index (χ1) is 8.86.